The number of carbonyl (C=O) groups excluding carboxylic acids is 2. The molecule has 28 heavy (non-hydrogen) atoms. The molecule has 0 saturated heterocycles. The Hall–Kier alpha value is -3.52. The fourth-order valence-corrected chi connectivity index (χ4v) is 3.64. The van der Waals surface area contributed by atoms with E-state index in [0.717, 1.165) is 16.8 Å². The number of fused-ring (bicyclic) bond motifs is 1. The first-order valence-corrected chi connectivity index (χ1v) is 9.52. The Kier molecular flexibility index (Phi) is 4.86. The van der Waals surface area contributed by atoms with Crippen LogP contribution >= 0.6 is 11.3 Å². The van der Waals surface area contributed by atoms with E-state index in [9.17, 15) is 9.59 Å². The molecule has 2 aromatic heterocycles. The molecule has 2 heterocycles. The molecule has 0 atom stereocenters. The molecule has 4 rings (SSSR count). The number of hydrogen-bond acceptors (Lipinski definition) is 5. The van der Waals surface area contributed by atoms with Gasteiger partial charge in [0.05, 0.1) is 12.1 Å². The topological polar surface area (TPSA) is 88.4 Å². The fraction of sp³-hybridized carbons (Fsp3) is 0.100. The van der Waals surface area contributed by atoms with E-state index in [2.05, 4.69) is 20.7 Å². The Balaban J connectivity index is 1.45. The molecule has 0 unspecified atom stereocenters. The molecule has 0 bridgehead atoms. The van der Waals surface area contributed by atoms with Crippen molar-refractivity contribution in [3.8, 4) is 11.3 Å². The number of amides is 2. The van der Waals surface area contributed by atoms with Gasteiger partial charge in [-0.3, -0.25) is 14.9 Å². The highest BCUT2D eigenvalue weighted by Crippen LogP contribution is 2.25. The van der Waals surface area contributed by atoms with Gasteiger partial charge in [0.25, 0.3) is 0 Å². The van der Waals surface area contributed by atoms with Gasteiger partial charge in [-0.25, -0.2) is 4.52 Å². The number of benzene rings is 2. The summed E-state index contributed by atoms with van der Waals surface area (Å²) in [4.78, 5) is 28.5. The summed E-state index contributed by atoms with van der Waals surface area (Å²) in [6.45, 7) is 1.45. The molecule has 0 saturated carbocycles. The summed E-state index contributed by atoms with van der Waals surface area (Å²) >= 11 is 1.47. The molecule has 0 spiro atoms. The normalized spacial score (nSPS) is 10.8. The van der Waals surface area contributed by atoms with Crippen LogP contribution in [0.2, 0.25) is 0 Å². The Morgan fingerprint density at radius 2 is 1.79 bits per heavy atom. The van der Waals surface area contributed by atoms with Crippen LogP contribution in [0, 0.1) is 0 Å². The van der Waals surface area contributed by atoms with E-state index in [-0.39, 0.29) is 24.2 Å². The number of thiazole rings is 1. The van der Waals surface area contributed by atoms with Crippen molar-refractivity contribution in [3.05, 3.63) is 65.5 Å². The molecule has 4 aromatic rings. The Morgan fingerprint density at radius 1 is 1.04 bits per heavy atom. The van der Waals surface area contributed by atoms with Crippen LogP contribution in [0.15, 0.2) is 60.0 Å². The molecule has 0 aliphatic heterocycles. The summed E-state index contributed by atoms with van der Waals surface area (Å²) in [7, 11) is 0. The van der Waals surface area contributed by atoms with E-state index in [1.807, 2.05) is 35.7 Å². The molecule has 8 heteroatoms. The second kappa shape index (κ2) is 7.61. The summed E-state index contributed by atoms with van der Waals surface area (Å²) in [6, 6.07) is 17.0. The number of carbonyl (C=O) groups is 2. The van der Waals surface area contributed by atoms with Crippen molar-refractivity contribution in [1.82, 2.24) is 14.6 Å². The molecule has 0 fully saturated rings. The Bertz CT molecular complexity index is 1130. The maximum Gasteiger partial charge on any atom is 0.250 e. The number of rotatable bonds is 5. The first kappa shape index (κ1) is 17.9. The predicted octanol–water partition coefficient (Wildman–Crippen LogP) is 3.60. The molecule has 2 amide bonds. The lowest BCUT2D eigenvalue weighted by Gasteiger charge is -2.04. The molecule has 0 aliphatic rings. The first-order chi connectivity index (χ1) is 13.6. The second-order valence-electron chi connectivity index (χ2n) is 6.22. The van der Waals surface area contributed by atoms with Crippen molar-refractivity contribution in [1.29, 1.82) is 0 Å². The summed E-state index contributed by atoms with van der Waals surface area (Å²) in [5.74, 6) is -0.0538. The first-order valence-electron chi connectivity index (χ1n) is 8.64. The summed E-state index contributed by atoms with van der Waals surface area (Å²) < 4.78 is 1.73. The van der Waals surface area contributed by atoms with Crippen LogP contribution in [-0.2, 0) is 16.0 Å². The van der Waals surface area contributed by atoms with Gasteiger partial charge in [0.15, 0.2) is 0 Å². The van der Waals surface area contributed by atoms with Gasteiger partial charge < -0.3 is 5.32 Å². The van der Waals surface area contributed by atoms with Crippen molar-refractivity contribution in [2.45, 2.75) is 13.3 Å². The SMILES string of the molecule is CC(=O)Nc1ccc(CC(=O)Nc2nc3scc(-c4ccccc4)n3n2)cc1. The van der Waals surface area contributed by atoms with E-state index in [1.165, 1.54) is 18.3 Å². The van der Waals surface area contributed by atoms with Crippen LogP contribution in [0.5, 0.6) is 0 Å². The average Bonchev–Trinajstić information content (AvgIpc) is 3.23. The van der Waals surface area contributed by atoms with Gasteiger partial charge in [-0.2, -0.15) is 4.98 Å². The third-order valence-electron chi connectivity index (χ3n) is 4.04. The molecule has 2 N–H and O–H groups in total. The van der Waals surface area contributed by atoms with Crippen molar-refractivity contribution in [2.24, 2.45) is 0 Å². The third-order valence-corrected chi connectivity index (χ3v) is 4.86. The minimum absolute atomic E-state index is 0.133. The van der Waals surface area contributed by atoms with Crippen molar-refractivity contribution >= 4 is 39.7 Å². The minimum atomic E-state index is -0.202. The molecular weight excluding hydrogens is 374 g/mol. The van der Waals surface area contributed by atoms with Crippen molar-refractivity contribution in [3.63, 3.8) is 0 Å². The quantitative estimate of drug-likeness (QED) is 0.544. The lowest BCUT2D eigenvalue weighted by Crippen LogP contribution is -2.15. The van der Waals surface area contributed by atoms with Crippen molar-refractivity contribution < 1.29 is 9.59 Å². The highest BCUT2D eigenvalue weighted by molar-refractivity contribution is 7.15. The standard InChI is InChI=1S/C20H17N5O2S/c1-13(26)21-16-9-7-14(8-10-16)11-18(27)22-19-23-20-25(24-19)17(12-28-20)15-5-3-2-4-6-15/h2-10,12H,11H2,1H3,(H,21,26)(H,22,24,27). The van der Waals surface area contributed by atoms with E-state index in [0.29, 0.717) is 10.6 Å². The third kappa shape index (κ3) is 3.91. The maximum atomic E-state index is 12.3. The molecule has 0 radical (unpaired) electrons. The van der Waals surface area contributed by atoms with E-state index < -0.39 is 0 Å². The molecular formula is C20H17N5O2S. The largest absolute Gasteiger partial charge is 0.326 e. The second-order valence-corrected chi connectivity index (χ2v) is 7.06. The number of anilines is 2. The van der Waals surface area contributed by atoms with Crippen LogP contribution in [0.25, 0.3) is 16.2 Å². The lowest BCUT2D eigenvalue weighted by molar-refractivity contribution is -0.116. The van der Waals surface area contributed by atoms with E-state index in [4.69, 9.17) is 0 Å². The zero-order valence-corrected chi connectivity index (χ0v) is 15.9. The van der Waals surface area contributed by atoms with Gasteiger partial charge in [-0.05, 0) is 17.7 Å². The number of nitrogens with one attached hydrogen (secondary N) is 2. The van der Waals surface area contributed by atoms with Gasteiger partial charge >= 0.3 is 0 Å². The number of aromatic nitrogens is 3. The van der Waals surface area contributed by atoms with E-state index >= 15 is 0 Å². The summed E-state index contributed by atoms with van der Waals surface area (Å²) in [6.07, 6.45) is 0.193. The molecule has 0 aliphatic carbocycles. The van der Waals surface area contributed by atoms with Gasteiger partial charge in [0, 0.05) is 23.6 Å². The molecule has 7 nitrogen and oxygen atoms in total. The van der Waals surface area contributed by atoms with Crippen LogP contribution < -0.4 is 10.6 Å². The number of nitrogens with zero attached hydrogens (tertiary/aromatic N) is 3. The average molecular weight is 391 g/mol. The number of hydrogen-bond donors (Lipinski definition) is 2. The van der Waals surface area contributed by atoms with Gasteiger partial charge in [-0.15, -0.1) is 16.4 Å². The van der Waals surface area contributed by atoms with Gasteiger partial charge in [-0.1, -0.05) is 42.5 Å². The smallest absolute Gasteiger partial charge is 0.250 e. The van der Waals surface area contributed by atoms with Crippen LogP contribution in [0.3, 0.4) is 0 Å². The maximum absolute atomic E-state index is 12.3. The fourth-order valence-electron chi connectivity index (χ4n) is 2.81. The van der Waals surface area contributed by atoms with Crippen molar-refractivity contribution in [2.75, 3.05) is 10.6 Å². The minimum Gasteiger partial charge on any atom is -0.326 e. The lowest BCUT2D eigenvalue weighted by atomic mass is 10.1. The summed E-state index contributed by atoms with van der Waals surface area (Å²) in [5, 5.41) is 11.8. The monoisotopic (exact) mass is 391 g/mol. The van der Waals surface area contributed by atoms with Gasteiger partial charge in [0.1, 0.15) is 0 Å². The summed E-state index contributed by atoms with van der Waals surface area (Å²) in [5.41, 5.74) is 3.50. The zero-order valence-electron chi connectivity index (χ0n) is 15.0. The van der Waals surface area contributed by atoms with Crippen LogP contribution in [0.4, 0.5) is 11.6 Å². The Labute approximate surface area is 165 Å². The highest BCUT2D eigenvalue weighted by Gasteiger charge is 2.13. The molecule has 2 aromatic carbocycles. The van der Waals surface area contributed by atoms with E-state index in [1.54, 1.807) is 28.8 Å². The molecule has 140 valence electrons. The van der Waals surface area contributed by atoms with Crippen LogP contribution in [0.1, 0.15) is 12.5 Å². The highest BCUT2D eigenvalue weighted by atomic mass is 32.1. The van der Waals surface area contributed by atoms with Crippen LogP contribution in [-0.4, -0.2) is 26.4 Å². The Morgan fingerprint density at radius 3 is 2.50 bits per heavy atom. The zero-order chi connectivity index (χ0) is 19.5. The predicted molar refractivity (Wildman–Crippen MR) is 109 cm³/mol. The van der Waals surface area contributed by atoms with Gasteiger partial charge in [0.2, 0.25) is 22.7 Å².